The molecule has 0 unspecified atom stereocenters. The average Bonchev–Trinajstić information content (AvgIpc) is 2.80. The first kappa shape index (κ1) is 8.97. The minimum absolute atomic E-state index is 0.729. The smallest absolute Gasteiger partial charge is 0.220 e. The van der Waals surface area contributed by atoms with Crippen LogP contribution in [0.15, 0.2) is 34.9 Å². The molecular formula is C11H9BrN2O. The molecule has 2 aromatic rings. The second-order valence-electron chi connectivity index (χ2n) is 3.44. The summed E-state index contributed by atoms with van der Waals surface area (Å²) in [4.78, 5) is 0. The Morgan fingerprint density at radius 3 is 2.87 bits per heavy atom. The zero-order chi connectivity index (χ0) is 10.3. The minimum Gasteiger partial charge on any atom is -0.475 e. The Bertz CT molecular complexity index is 490. The highest BCUT2D eigenvalue weighted by Gasteiger charge is 2.18. The molecule has 0 atom stereocenters. The Labute approximate surface area is 95.8 Å². The Hall–Kier alpha value is -1.29. The van der Waals surface area contributed by atoms with Crippen molar-refractivity contribution in [3.63, 3.8) is 0 Å². The van der Waals surface area contributed by atoms with E-state index in [4.69, 9.17) is 4.74 Å². The van der Waals surface area contributed by atoms with E-state index >= 15 is 0 Å². The Balaban J connectivity index is 2.09. The quantitative estimate of drug-likeness (QED) is 0.792. The van der Waals surface area contributed by atoms with Crippen LogP contribution in [0.5, 0.6) is 5.88 Å². The van der Waals surface area contributed by atoms with Crippen LogP contribution in [-0.4, -0.2) is 16.4 Å². The van der Waals surface area contributed by atoms with Crippen molar-refractivity contribution in [3.8, 4) is 17.0 Å². The van der Waals surface area contributed by atoms with Gasteiger partial charge in [0.25, 0.3) is 0 Å². The summed E-state index contributed by atoms with van der Waals surface area (Å²) < 4.78 is 8.52. The Kier molecular flexibility index (Phi) is 2.02. The van der Waals surface area contributed by atoms with E-state index < -0.39 is 0 Å². The maximum absolute atomic E-state index is 5.54. The number of ether oxygens (including phenoxy) is 1. The first-order valence-corrected chi connectivity index (χ1v) is 5.58. The zero-order valence-corrected chi connectivity index (χ0v) is 9.57. The molecule has 2 heterocycles. The van der Waals surface area contributed by atoms with Crippen LogP contribution in [0.25, 0.3) is 11.1 Å². The van der Waals surface area contributed by atoms with E-state index in [2.05, 4.69) is 33.2 Å². The summed E-state index contributed by atoms with van der Waals surface area (Å²) in [5.41, 5.74) is 2.21. The Morgan fingerprint density at radius 1 is 1.27 bits per heavy atom. The van der Waals surface area contributed by atoms with Gasteiger partial charge in [-0.25, -0.2) is 4.68 Å². The van der Waals surface area contributed by atoms with Gasteiger partial charge in [0.15, 0.2) is 0 Å². The molecule has 0 amide bonds. The van der Waals surface area contributed by atoms with Crippen LogP contribution in [0.1, 0.15) is 0 Å². The van der Waals surface area contributed by atoms with E-state index in [-0.39, 0.29) is 0 Å². The first-order valence-electron chi connectivity index (χ1n) is 4.79. The average molecular weight is 265 g/mol. The zero-order valence-electron chi connectivity index (χ0n) is 7.98. The molecule has 3 rings (SSSR count). The van der Waals surface area contributed by atoms with Crippen LogP contribution in [0.3, 0.4) is 0 Å². The lowest BCUT2D eigenvalue weighted by molar-refractivity contribution is 0.358. The molecule has 0 saturated carbocycles. The molecule has 1 aromatic carbocycles. The molecule has 3 nitrogen and oxygen atoms in total. The number of hydrogen-bond acceptors (Lipinski definition) is 2. The number of halogens is 1. The molecule has 0 spiro atoms. The minimum atomic E-state index is 0.729. The van der Waals surface area contributed by atoms with Crippen molar-refractivity contribution in [2.24, 2.45) is 0 Å². The fraction of sp³-hybridized carbons (Fsp3) is 0.182. The van der Waals surface area contributed by atoms with Crippen LogP contribution in [-0.2, 0) is 6.54 Å². The van der Waals surface area contributed by atoms with Crippen LogP contribution in [0, 0.1) is 0 Å². The summed E-state index contributed by atoms with van der Waals surface area (Å²) in [6, 6.07) is 8.16. The lowest BCUT2D eigenvalue weighted by Crippen LogP contribution is -1.93. The van der Waals surface area contributed by atoms with Crippen molar-refractivity contribution in [3.05, 3.63) is 34.9 Å². The summed E-state index contributed by atoms with van der Waals surface area (Å²) in [5.74, 6) is 0.886. The lowest BCUT2D eigenvalue weighted by atomic mass is 10.1. The number of aromatic nitrogens is 2. The van der Waals surface area contributed by atoms with Gasteiger partial charge >= 0.3 is 0 Å². The third-order valence-electron chi connectivity index (χ3n) is 2.49. The summed E-state index contributed by atoms with van der Waals surface area (Å²) in [5, 5.41) is 4.28. The van der Waals surface area contributed by atoms with Gasteiger partial charge in [-0.15, -0.1) is 0 Å². The normalized spacial score (nSPS) is 13.7. The van der Waals surface area contributed by atoms with Crippen molar-refractivity contribution in [2.45, 2.75) is 6.54 Å². The molecular weight excluding hydrogens is 256 g/mol. The molecule has 0 radical (unpaired) electrons. The van der Waals surface area contributed by atoms with Gasteiger partial charge in [-0.05, 0) is 17.7 Å². The maximum Gasteiger partial charge on any atom is 0.220 e. The highest BCUT2D eigenvalue weighted by atomic mass is 79.9. The van der Waals surface area contributed by atoms with Gasteiger partial charge in [0, 0.05) is 4.47 Å². The topological polar surface area (TPSA) is 27.1 Å². The summed E-state index contributed by atoms with van der Waals surface area (Å²) in [6.07, 6.45) is 1.86. The highest BCUT2D eigenvalue weighted by molar-refractivity contribution is 9.10. The first-order chi connectivity index (χ1) is 7.34. The standard InChI is InChI=1S/C11H9BrN2O/c12-9-3-1-8(2-4-9)10-7-13-14-5-6-15-11(10)14/h1-4,7H,5-6H2. The van der Waals surface area contributed by atoms with Crippen molar-refractivity contribution < 1.29 is 4.74 Å². The SMILES string of the molecule is Brc1ccc(-c2cnn3c2OCC3)cc1. The van der Waals surface area contributed by atoms with E-state index in [1.807, 2.05) is 23.0 Å². The number of hydrogen-bond donors (Lipinski definition) is 0. The number of fused-ring (bicyclic) bond motifs is 1. The summed E-state index contributed by atoms with van der Waals surface area (Å²) in [7, 11) is 0. The molecule has 1 aliphatic heterocycles. The summed E-state index contributed by atoms with van der Waals surface area (Å²) >= 11 is 3.42. The monoisotopic (exact) mass is 264 g/mol. The third kappa shape index (κ3) is 1.45. The largest absolute Gasteiger partial charge is 0.475 e. The van der Waals surface area contributed by atoms with E-state index in [0.29, 0.717) is 0 Å². The van der Waals surface area contributed by atoms with E-state index in [0.717, 1.165) is 34.6 Å². The van der Waals surface area contributed by atoms with Crippen LogP contribution in [0.2, 0.25) is 0 Å². The second-order valence-corrected chi connectivity index (χ2v) is 4.36. The number of benzene rings is 1. The fourth-order valence-electron chi connectivity index (χ4n) is 1.74. The van der Waals surface area contributed by atoms with Gasteiger partial charge in [0.1, 0.15) is 6.61 Å². The number of rotatable bonds is 1. The second kappa shape index (κ2) is 3.38. The van der Waals surface area contributed by atoms with Crippen LogP contribution in [0.4, 0.5) is 0 Å². The third-order valence-corrected chi connectivity index (χ3v) is 3.02. The molecule has 0 saturated heterocycles. The van der Waals surface area contributed by atoms with Crippen molar-refractivity contribution in [2.75, 3.05) is 6.61 Å². The van der Waals surface area contributed by atoms with E-state index in [1.54, 1.807) is 0 Å². The van der Waals surface area contributed by atoms with E-state index in [1.165, 1.54) is 0 Å². The molecule has 1 aromatic heterocycles. The molecule has 15 heavy (non-hydrogen) atoms. The Morgan fingerprint density at radius 2 is 2.07 bits per heavy atom. The van der Waals surface area contributed by atoms with Crippen LogP contribution >= 0.6 is 15.9 Å². The lowest BCUT2D eigenvalue weighted by Gasteiger charge is -2.00. The molecule has 0 aliphatic carbocycles. The predicted octanol–water partition coefficient (Wildman–Crippen LogP) is 2.71. The molecule has 1 aliphatic rings. The van der Waals surface area contributed by atoms with Gasteiger partial charge in [-0.1, -0.05) is 28.1 Å². The molecule has 0 bridgehead atoms. The van der Waals surface area contributed by atoms with Gasteiger partial charge in [-0.2, -0.15) is 5.10 Å². The predicted molar refractivity (Wildman–Crippen MR) is 60.9 cm³/mol. The molecule has 0 fully saturated rings. The van der Waals surface area contributed by atoms with Crippen molar-refractivity contribution in [1.29, 1.82) is 0 Å². The fourth-order valence-corrected chi connectivity index (χ4v) is 2.01. The molecule has 0 N–H and O–H groups in total. The van der Waals surface area contributed by atoms with Crippen molar-refractivity contribution >= 4 is 15.9 Å². The number of nitrogens with zero attached hydrogens (tertiary/aromatic N) is 2. The van der Waals surface area contributed by atoms with E-state index in [9.17, 15) is 0 Å². The van der Waals surface area contributed by atoms with Gasteiger partial charge in [0.05, 0.1) is 18.3 Å². The van der Waals surface area contributed by atoms with Gasteiger partial charge in [-0.3, -0.25) is 0 Å². The van der Waals surface area contributed by atoms with Crippen LogP contribution < -0.4 is 4.74 Å². The van der Waals surface area contributed by atoms with Crippen molar-refractivity contribution in [1.82, 2.24) is 9.78 Å². The maximum atomic E-state index is 5.54. The molecule has 4 heteroatoms. The highest BCUT2D eigenvalue weighted by Crippen LogP contribution is 2.32. The molecule has 76 valence electrons. The van der Waals surface area contributed by atoms with Gasteiger partial charge in [0.2, 0.25) is 5.88 Å². The summed E-state index contributed by atoms with van der Waals surface area (Å²) in [6.45, 7) is 1.58. The van der Waals surface area contributed by atoms with Gasteiger partial charge < -0.3 is 4.74 Å².